The number of rotatable bonds is 1. The fraction of sp³-hybridized carbons (Fsp3) is 0.333. The first-order chi connectivity index (χ1) is 6.79. The van der Waals surface area contributed by atoms with E-state index in [1.165, 1.54) is 0 Å². The van der Waals surface area contributed by atoms with Gasteiger partial charge in [-0.1, -0.05) is 0 Å². The van der Waals surface area contributed by atoms with Crippen LogP contribution in [0.5, 0.6) is 0 Å². The summed E-state index contributed by atoms with van der Waals surface area (Å²) >= 11 is 3.36. The van der Waals surface area contributed by atoms with Gasteiger partial charge in [-0.25, -0.2) is 4.98 Å². The third-order valence-electron chi connectivity index (χ3n) is 2.10. The van der Waals surface area contributed by atoms with Gasteiger partial charge in [0.25, 0.3) is 0 Å². The topological polar surface area (TPSA) is 54.0 Å². The lowest BCUT2D eigenvalue weighted by molar-refractivity contribution is -0.108. The molecule has 2 heterocycles. The highest BCUT2D eigenvalue weighted by atomic mass is 79.9. The van der Waals surface area contributed by atoms with Gasteiger partial charge in [0.05, 0.1) is 6.04 Å². The van der Waals surface area contributed by atoms with Crippen molar-refractivity contribution in [1.29, 1.82) is 0 Å². The van der Waals surface area contributed by atoms with Gasteiger partial charge in [0.1, 0.15) is 12.1 Å². The average molecular weight is 256 g/mol. The maximum absolute atomic E-state index is 10.6. The van der Waals surface area contributed by atoms with Crippen LogP contribution < -0.4 is 10.6 Å². The molecule has 2 rings (SSSR count). The molecule has 1 aliphatic heterocycles. The van der Waals surface area contributed by atoms with Crippen LogP contribution in [-0.4, -0.2) is 23.9 Å². The molecule has 14 heavy (non-hydrogen) atoms. The van der Waals surface area contributed by atoms with E-state index in [2.05, 4.69) is 31.5 Å². The molecule has 0 amide bonds. The molecule has 0 spiro atoms. The van der Waals surface area contributed by atoms with E-state index < -0.39 is 0 Å². The van der Waals surface area contributed by atoms with Crippen LogP contribution in [0.15, 0.2) is 16.7 Å². The third kappa shape index (κ3) is 1.93. The van der Waals surface area contributed by atoms with Crippen LogP contribution in [0.2, 0.25) is 0 Å². The summed E-state index contributed by atoms with van der Waals surface area (Å²) < 4.78 is 0.949. The lowest BCUT2D eigenvalue weighted by Gasteiger charge is -2.09. The molecule has 0 aromatic carbocycles. The molecular formula is C9H10BrN3O. The van der Waals surface area contributed by atoms with Gasteiger partial charge in [-0.15, -0.1) is 0 Å². The molecule has 0 radical (unpaired) electrons. The molecule has 1 atom stereocenters. The third-order valence-corrected chi connectivity index (χ3v) is 2.53. The predicted molar refractivity (Wildman–Crippen MR) is 57.1 cm³/mol. The quantitative estimate of drug-likeness (QED) is 0.734. The molecule has 0 bridgehead atoms. The van der Waals surface area contributed by atoms with Crippen LogP contribution in [0.1, 0.15) is 5.56 Å². The number of hydrogen-bond donors (Lipinski definition) is 2. The predicted octanol–water partition coefficient (Wildman–Crippen LogP) is 0.927. The minimum absolute atomic E-state index is 0.190. The summed E-state index contributed by atoms with van der Waals surface area (Å²) in [5.74, 6) is 0.787. The Labute approximate surface area is 90.2 Å². The number of aromatic nitrogens is 1. The molecule has 0 fully saturated rings. The van der Waals surface area contributed by atoms with Crippen molar-refractivity contribution in [1.82, 2.24) is 10.3 Å². The Morgan fingerprint density at radius 1 is 1.64 bits per heavy atom. The van der Waals surface area contributed by atoms with E-state index >= 15 is 0 Å². The van der Waals surface area contributed by atoms with Crippen molar-refractivity contribution in [2.75, 3.05) is 11.9 Å². The standard InChI is InChI=1S/C9H10BrN3O/c10-7-1-6-2-11-4-8(5-14)13-9(6)12-3-7/h1,3,5,8,11H,2,4H2,(H,12,13). The normalized spacial score (nSPS) is 20.5. The summed E-state index contributed by atoms with van der Waals surface area (Å²) in [6.45, 7) is 1.37. The van der Waals surface area contributed by atoms with Gasteiger partial charge >= 0.3 is 0 Å². The maximum atomic E-state index is 10.6. The van der Waals surface area contributed by atoms with Gasteiger partial charge in [0, 0.05) is 29.3 Å². The SMILES string of the molecule is O=CC1CNCc2cc(Br)cnc2N1. The molecule has 0 aliphatic carbocycles. The van der Waals surface area contributed by atoms with Gasteiger partial charge in [0.2, 0.25) is 0 Å². The zero-order chi connectivity index (χ0) is 9.97. The molecule has 0 saturated heterocycles. The van der Waals surface area contributed by atoms with Crippen LogP contribution in [0.25, 0.3) is 0 Å². The largest absolute Gasteiger partial charge is 0.359 e. The number of nitrogens with one attached hydrogen (secondary N) is 2. The Morgan fingerprint density at radius 2 is 2.50 bits per heavy atom. The molecule has 4 nitrogen and oxygen atoms in total. The fourth-order valence-corrected chi connectivity index (χ4v) is 1.80. The van der Waals surface area contributed by atoms with Gasteiger partial charge in [-0.3, -0.25) is 0 Å². The van der Waals surface area contributed by atoms with Crippen molar-refractivity contribution < 1.29 is 4.79 Å². The summed E-state index contributed by atoms with van der Waals surface area (Å²) in [4.78, 5) is 14.9. The second-order valence-corrected chi connectivity index (χ2v) is 4.09. The molecular weight excluding hydrogens is 246 g/mol. The molecule has 1 unspecified atom stereocenters. The van der Waals surface area contributed by atoms with E-state index in [1.54, 1.807) is 6.20 Å². The average Bonchev–Trinajstić information content (AvgIpc) is 2.38. The van der Waals surface area contributed by atoms with Crippen LogP contribution >= 0.6 is 15.9 Å². The van der Waals surface area contributed by atoms with Crippen LogP contribution in [0.3, 0.4) is 0 Å². The Hall–Kier alpha value is -0.940. The van der Waals surface area contributed by atoms with Crippen molar-refractivity contribution >= 4 is 28.0 Å². The zero-order valence-electron chi connectivity index (χ0n) is 7.46. The summed E-state index contributed by atoms with van der Waals surface area (Å²) in [5, 5.41) is 6.25. The van der Waals surface area contributed by atoms with Gasteiger partial charge in [0.15, 0.2) is 0 Å². The molecule has 2 N–H and O–H groups in total. The molecule has 1 aromatic heterocycles. The number of halogens is 1. The van der Waals surface area contributed by atoms with Crippen molar-refractivity contribution in [2.45, 2.75) is 12.6 Å². The van der Waals surface area contributed by atoms with E-state index in [9.17, 15) is 4.79 Å². The maximum Gasteiger partial charge on any atom is 0.143 e. The number of carbonyl (C=O) groups excluding carboxylic acids is 1. The van der Waals surface area contributed by atoms with E-state index in [-0.39, 0.29) is 6.04 Å². The lowest BCUT2D eigenvalue weighted by atomic mass is 10.2. The van der Waals surface area contributed by atoms with Crippen molar-refractivity contribution in [3.05, 3.63) is 22.3 Å². The van der Waals surface area contributed by atoms with Crippen LogP contribution in [0.4, 0.5) is 5.82 Å². The Morgan fingerprint density at radius 3 is 3.29 bits per heavy atom. The highest BCUT2D eigenvalue weighted by molar-refractivity contribution is 9.10. The molecule has 74 valence electrons. The zero-order valence-corrected chi connectivity index (χ0v) is 9.04. The summed E-state index contributed by atoms with van der Waals surface area (Å²) in [7, 11) is 0. The molecule has 5 heteroatoms. The number of pyridine rings is 1. The molecule has 1 aromatic rings. The first-order valence-corrected chi connectivity index (χ1v) is 5.16. The summed E-state index contributed by atoms with van der Waals surface area (Å²) in [6, 6.07) is 1.81. The number of anilines is 1. The first-order valence-electron chi connectivity index (χ1n) is 4.36. The highest BCUT2D eigenvalue weighted by Gasteiger charge is 2.15. The smallest absolute Gasteiger partial charge is 0.143 e. The van der Waals surface area contributed by atoms with E-state index in [0.717, 1.165) is 28.7 Å². The summed E-state index contributed by atoms with van der Waals surface area (Å²) in [5.41, 5.74) is 1.07. The van der Waals surface area contributed by atoms with E-state index in [1.807, 2.05) is 6.07 Å². The number of nitrogens with zero attached hydrogens (tertiary/aromatic N) is 1. The van der Waals surface area contributed by atoms with Crippen molar-refractivity contribution in [3.63, 3.8) is 0 Å². The van der Waals surface area contributed by atoms with Gasteiger partial charge in [-0.2, -0.15) is 0 Å². The Kier molecular flexibility index (Phi) is 2.79. The van der Waals surface area contributed by atoms with Gasteiger partial charge < -0.3 is 15.4 Å². The first kappa shape index (κ1) is 9.61. The lowest BCUT2D eigenvalue weighted by Crippen LogP contribution is -2.31. The van der Waals surface area contributed by atoms with Gasteiger partial charge in [-0.05, 0) is 22.0 Å². The minimum Gasteiger partial charge on any atom is -0.359 e. The summed E-state index contributed by atoms with van der Waals surface area (Å²) in [6.07, 6.45) is 2.62. The number of hydrogen-bond acceptors (Lipinski definition) is 4. The van der Waals surface area contributed by atoms with E-state index in [0.29, 0.717) is 6.54 Å². The molecule has 0 saturated carbocycles. The minimum atomic E-state index is -0.190. The van der Waals surface area contributed by atoms with Crippen LogP contribution in [0, 0.1) is 0 Å². The number of aldehydes is 1. The van der Waals surface area contributed by atoms with Crippen LogP contribution in [-0.2, 0) is 11.3 Å². The Balaban J connectivity index is 2.31. The number of fused-ring (bicyclic) bond motifs is 1. The fourth-order valence-electron chi connectivity index (χ4n) is 1.42. The Bertz CT molecular complexity index is 356. The van der Waals surface area contributed by atoms with E-state index in [4.69, 9.17) is 0 Å². The van der Waals surface area contributed by atoms with Crippen molar-refractivity contribution in [2.24, 2.45) is 0 Å². The second-order valence-electron chi connectivity index (χ2n) is 3.18. The molecule has 1 aliphatic rings. The monoisotopic (exact) mass is 255 g/mol. The second kappa shape index (κ2) is 4.06. The van der Waals surface area contributed by atoms with Crippen molar-refractivity contribution in [3.8, 4) is 0 Å². The highest BCUT2D eigenvalue weighted by Crippen LogP contribution is 2.19. The number of carbonyl (C=O) groups is 1.